The van der Waals surface area contributed by atoms with Crippen LogP contribution in [0.5, 0.6) is 0 Å². The average molecular weight is 237 g/mol. The van der Waals surface area contributed by atoms with Gasteiger partial charge in [0.2, 0.25) is 0 Å². The third kappa shape index (κ3) is 4.00. The molecule has 2 fully saturated rings. The zero-order valence-corrected chi connectivity index (χ0v) is 11.2. The lowest BCUT2D eigenvalue weighted by molar-refractivity contribution is 0.0989. The van der Waals surface area contributed by atoms with Gasteiger partial charge in [-0.25, -0.2) is 0 Å². The third-order valence-electron chi connectivity index (χ3n) is 4.10. The molecule has 98 valence electrons. The lowest BCUT2D eigenvalue weighted by Gasteiger charge is -2.38. The minimum atomic E-state index is 0.908. The molecule has 0 bridgehead atoms. The molecule has 0 aromatic rings. The predicted molar refractivity (Wildman–Crippen MR) is 73.1 cm³/mol. The fourth-order valence-electron chi connectivity index (χ4n) is 3.05. The number of piperazine rings is 1. The van der Waals surface area contributed by atoms with Crippen molar-refractivity contribution < 1.29 is 0 Å². The molecule has 0 radical (unpaired) electrons. The predicted octanol–water partition coefficient (Wildman–Crippen LogP) is 1.67. The molecule has 0 amide bonds. The van der Waals surface area contributed by atoms with Gasteiger partial charge in [-0.15, -0.1) is 0 Å². The Kier molecular flexibility index (Phi) is 4.86. The van der Waals surface area contributed by atoms with Crippen LogP contribution in [0.3, 0.4) is 0 Å². The first kappa shape index (κ1) is 12.9. The summed E-state index contributed by atoms with van der Waals surface area (Å²) in [6.07, 6.45) is 5.79. The normalized spacial score (nSPS) is 24.1. The lowest BCUT2D eigenvalue weighted by Crippen LogP contribution is -2.50. The van der Waals surface area contributed by atoms with Crippen molar-refractivity contribution in [3.8, 4) is 0 Å². The molecule has 1 aliphatic carbocycles. The molecule has 1 N–H and O–H groups in total. The summed E-state index contributed by atoms with van der Waals surface area (Å²) in [5, 5.41) is 3.31. The van der Waals surface area contributed by atoms with Crippen molar-refractivity contribution in [3.63, 3.8) is 0 Å². The molecule has 17 heavy (non-hydrogen) atoms. The molecule has 0 unspecified atom stereocenters. The summed E-state index contributed by atoms with van der Waals surface area (Å²) in [6.45, 7) is 13.1. The molecule has 0 aromatic heterocycles. The summed E-state index contributed by atoms with van der Waals surface area (Å²) in [5.41, 5.74) is 1.08. The molecule has 0 spiro atoms. The SMILES string of the molecule is C=C(C)NCCN1CCN(C2CCCC2)CC1. The second-order valence-corrected chi connectivity index (χ2v) is 5.52. The average Bonchev–Trinajstić information content (AvgIpc) is 2.83. The van der Waals surface area contributed by atoms with Gasteiger partial charge in [0.15, 0.2) is 0 Å². The van der Waals surface area contributed by atoms with Crippen LogP contribution in [0.1, 0.15) is 32.6 Å². The van der Waals surface area contributed by atoms with E-state index in [9.17, 15) is 0 Å². The maximum absolute atomic E-state index is 3.86. The van der Waals surface area contributed by atoms with Crippen LogP contribution in [0.4, 0.5) is 0 Å². The fourth-order valence-corrected chi connectivity index (χ4v) is 3.05. The maximum Gasteiger partial charge on any atom is 0.0271 e. The van der Waals surface area contributed by atoms with E-state index in [2.05, 4.69) is 21.7 Å². The highest BCUT2D eigenvalue weighted by Gasteiger charge is 2.25. The largest absolute Gasteiger partial charge is 0.388 e. The Bertz CT molecular complexity index is 238. The zero-order valence-electron chi connectivity index (χ0n) is 11.2. The number of nitrogens with one attached hydrogen (secondary N) is 1. The Morgan fingerprint density at radius 2 is 1.82 bits per heavy atom. The Balaban J connectivity index is 1.62. The molecule has 1 heterocycles. The van der Waals surface area contributed by atoms with Crippen LogP contribution in [0.25, 0.3) is 0 Å². The summed E-state index contributed by atoms with van der Waals surface area (Å²) in [5.74, 6) is 0. The first-order chi connectivity index (χ1) is 8.25. The molecule has 0 aromatic carbocycles. The summed E-state index contributed by atoms with van der Waals surface area (Å²) in [7, 11) is 0. The monoisotopic (exact) mass is 237 g/mol. The van der Waals surface area contributed by atoms with E-state index in [0.29, 0.717) is 0 Å². The maximum atomic E-state index is 3.86. The van der Waals surface area contributed by atoms with Crippen molar-refractivity contribution in [1.29, 1.82) is 0 Å². The molecular weight excluding hydrogens is 210 g/mol. The Morgan fingerprint density at radius 1 is 1.18 bits per heavy atom. The molecule has 0 atom stereocenters. The second kappa shape index (κ2) is 6.41. The molecule has 2 aliphatic rings. The van der Waals surface area contributed by atoms with E-state index in [1.165, 1.54) is 51.9 Å². The Morgan fingerprint density at radius 3 is 2.41 bits per heavy atom. The quantitative estimate of drug-likeness (QED) is 0.785. The van der Waals surface area contributed by atoms with E-state index < -0.39 is 0 Å². The molecule has 2 rings (SSSR count). The van der Waals surface area contributed by atoms with E-state index in [4.69, 9.17) is 0 Å². The van der Waals surface area contributed by atoms with Crippen LogP contribution in [0.2, 0.25) is 0 Å². The number of allylic oxidation sites excluding steroid dienone is 1. The molecule has 3 heteroatoms. The van der Waals surface area contributed by atoms with Crippen LogP contribution < -0.4 is 5.32 Å². The van der Waals surface area contributed by atoms with Gasteiger partial charge >= 0.3 is 0 Å². The van der Waals surface area contributed by atoms with E-state index in [1.54, 1.807) is 0 Å². The number of hydrogen-bond acceptors (Lipinski definition) is 3. The van der Waals surface area contributed by atoms with Crippen molar-refractivity contribution in [1.82, 2.24) is 15.1 Å². The Labute approximate surface area is 106 Å². The topological polar surface area (TPSA) is 18.5 Å². The second-order valence-electron chi connectivity index (χ2n) is 5.52. The van der Waals surface area contributed by atoms with Crippen LogP contribution >= 0.6 is 0 Å². The van der Waals surface area contributed by atoms with Gasteiger partial charge in [-0.1, -0.05) is 19.4 Å². The van der Waals surface area contributed by atoms with Gasteiger partial charge in [0, 0.05) is 51.0 Å². The van der Waals surface area contributed by atoms with Gasteiger partial charge in [0.25, 0.3) is 0 Å². The molecule has 1 saturated carbocycles. The number of nitrogens with zero attached hydrogens (tertiary/aromatic N) is 2. The van der Waals surface area contributed by atoms with E-state index in [1.807, 2.05) is 6.92 Å². The van der Waals surface area contributed by atoms with Gasteiger partial charge in [-0.05, 0) is 19.8 Å². The van der Waals surface area contributed by atoms with Gasteiger partial charge in [-0.2, -0.15) is 0 Å². The van der Waals surface area contributed by atoms with Crippen molar-refractivity contribution in [2.24, 2.45) is 0 Å². The Hall–Kier alpha value is -0.540. The van der Waals surface area contributed by atoms with Crippen LogP contribution in [-0.2, 0) is 0 Å². The standard InChI is InChI=1S/C14H27N3/c1-13(2)15-7-8-16-9-11-17(12-10-16)14-5-3-4-6-14/h14-15H,1,3-12H2,2H3. The van der Waals surface area contributed by atoms with Gasteiger partial charge in [-0.3, -0.25) is 9.80 Å². The van der Waals surface area contributed by atoms with Crippen LogP contribution in [-0.4, -0.2) is 55.1 Å². The smallest absolute Gasteiger partial charge is 0.0271 e. The lowest BCUT2D eigenvalue weighted by atomic mass is 10.2. The number of rotatable bonds is 5. The highest BCUT2D eigenvalue weighted by atomic mass is 15.3. The minimum Gasteiger partial charge on any atom is -0.388 e. The fraction of sp³-hybridized carbons (Fsp3) is 0.857. The zero-order chi connectivity index (χ0) is 12.1. The molecule has 1 saturated heterocycles. The summed E-state index contributed by atoms with van der Waals surface area (Å²) in [6, 6.07) is 0.908. The van der Waals surface area contributed by atoms with Crippen molar-refractivity contribution in [2.45, 2.75) is 38.6 Å². The van der Waals surface area contributed by atoms with Gasteiger partial charge in [0.05, 0.1) is 0 Å². The van der Waals surface area contributed by atoms with Crippen molar-refractivity contribution in [3.05, 3.63) is 12.3 Å². The number of hydrogen-bond donors (Lipinski definition) is 1. The van der Waals surface area contributed by atoms with Crippen LogP contribution in [0, 0.1) is 0 Å². The highest BCUT2D eigenvalue weighted by Crippen LogP contribution is 2.24. The van der Waals surface area contributed by atoms with E-state index >= 15 is 0 Å². The third-order valence-corrected chi connectivity index (χ3v) is 4.10. The van der Waals surface area contributed by atoms with Crippen molar-refractivity contribution in [2.75, 3.05) is 39.3 Å². The first-order valence-electron chi connectivity index (χ1n) is 7.11. The van der Waals surface area contributed by atoms with Gasteiger partial charge < -0.3 is 5.32 Å². The highest BCUT2D eigenvalue weighted by molar-refractivity contribution is 4.85. The molecule has 1 aliphatic heterocycles. The first-order valence-corrected chi connectivity index (χ1v) is 7.11. The van der Waals surface area contributed by atoms with Gasteiger partial charge in [0.1, 0.15) is 0 Å². The van der Waals surface area contributed by atoms with Crippen LogP contribution in [0.15, 0.2) is 12.3 Å². The van der Waals surface area contributed by atoms with E-state index in [0.717, 1.165) is 24.8 Å². The molecule has 3 nitrogen and oxygen atoms in total. The summed E-state index contributed by atoms with van der Waals surface area (Å²) in [4.78, 5) is 5.29. The summed E-state index contributed by atoms with van der Waals surface area (Å²) >= 11 is 0. The minimum absolute atomic E-state index is 0.908. The van der Waals surface area contributed by atoms with Crippen molar-refractivity contribution >= 4 is 0 Å². The van der Waals surface area contributed by atoms with E-state index in [-0.39, 0.29) is 0 Å². The summed E-state index contributed by atoms with van der Waals surface area (Å²) < 4.78 is 0. The molecular formula is C14H27N3.